The normalized spacial score (nSPS) is 13.3. The van der Waals surface area contributed by atoms with Gasteiger partial charge >= 0.3 is 0 Å². The van der Waals surface area contributed by atoms with Crippen molar-refractivity contribution in [1.29, 1.82) is 0 Å². The summed E-state index contributed by atoms with van der Waals surface area (Å²) in [5.41, 5.74) is 3.68. The topological polar surface area (TPSA) is 125 Å². The van der Waals surface area contributed by atoms with Gasteiger partial charge in [-0.15, -0.1) is 0 Å². The molecule has 45 heavy (non-hydrogen) atoms. The highest BCUT2D eigenvalue weighted by Crippen LogP contribution is 2.35. The van der Waals surface area contributed by atoms with Crippen molar-refractivity contribution in [3.8, 4) is 5.75 Å². The molecule has 232 valence electrons. The molecule has 1 aliphatic rings. The van der Waals surface area contributed by atoms with Gasteiger partial charge in [0.05, 0.1) is 27.8 Å². The summed E-state index contributed by atoms with van der Waals surface area (Å²) >= 11 is 6.48. The third-order valence-electron chi connectivity index (χ3n) is 7.48. The van der Waals surface area contributed by atoms with Crippen LogP contribution in [0.25, 0.3) is 0 Å². The summed E-state index contributed by atoms with van der Waals surface area (Å²) in [6.45, 7) is 5.47. The van der Waals surface area contributed by atoms with Gasteiger partial charge in [0.2, 0.25) is 11.9 Å². The lowest BCUT2D eigenvalue weighted by Gasteiger charge is -2.37. The van der Waals surface area contributed by atoms with Crippen LogP contribution in [0, 0.1) is 0 Å². The van der Waals surface area contributed by atoms with Crippen LogP contribution in [0.5, 0.6) is 5.75 Å². The Balaban J connectivity index is 1.32. The van der Waals surface area contributed by atoms with Crippen molar-refractivity contribution < 1.29 is 14.3 Å². The molecule has 0 unspecified atom stereocenters. The van der Waals surface area contributed by atoms with E-state index >= 15 is 0 Å². The van der Waals surface area contributed by atoms with Crippen molar-refractivity contribution in [3.05, 3.63) is 95.9 Å². The van der Waals surface area contributed by atoms with Gasteiger partial charge in [-0.05, 0) is 81.5 Å². The lowest BCUT2D eigenvalue weighted by molar-refractivity contribution is -0.111. The van der Waals surface area contributed by atoms with Gasteiger partial charge in [-0.3, -0.25) is 14.6 Å². The van der Waals surface area contributed by atoms with Crippen LogP contribution in [-0.2, 0) is 11.4 Å². The Hall–Kier alpha value is -5.00. The largest absolute Gasteiger partial charge is 0.486 e. The van der Waals surface area contributed by atoms with Crippen LogP contribution >= 0.6 is 11.6 Å². The summed E-state index contributed by atoms with van der Waals surface area (Å²) in [5.74, 6) is 0.937. The van der Waals surface area contributed by atoms with Crippen LogP contribution < -0.4 is 25.6 Å². The van der Waals surface area contributed by atoms with Crippen molar-refractivity contribution in [2.45, 2.75) is 25.5 Å². The molecule has 1 amide bonds. The Bertz CT molecular complexity index is 1660. The summed E-state index contributed by atoms with van der Waals surface area (Å²) in [6, 6.07) is 16.7. The third-order valence-corrected chi connectivity index (χ3v) is 7.78. The van der Waals surface area contributed by atoms with E-state index in [2.05, 4.69) is 61.4 Å². The van der Waals surface area contributed by atoms with Gasteiger partial charge in [0.25, 0.3) is 0 Å². The van der Waals surface area contributed by atoms with Gasteiger partial charge in [0.15, 0.2) is 6.29 Å². The molecule has 4 aromatic rings. The molecule has 12 heteroatoms. The van der Waals surface area contributed by atoms with Crippen molar-refractivity contribution in [3.63, 3.8) is 0 Å². The number of nitrogens with one attached hydrogen (secondary N) is 3. The summed E-state index contributed by atoms with van der Waals surface area (Å²) in [4.78, 5) is 42.1. The van der Waals surface area contributed by atoms with Gasteiger partial charge in [0.1, 0.15) is 18.2 Å². The van der Waals surface area contributed by atoms with E-state index in [4.69, 9.17) is 16.3 Å². The molecule has 2 aromatic heterocycles. The molecule has 0 aliphatic carbocycles. The zero-order valence-corrected chi connectivity index (χ0v) is 25.9. The zero-order valence-electron chi connectivity index (χ0n) is 25.2. The second-order valence-corrected chi connectivity index (χ2v) is 11.1. The van der Waals surface area contributed by atoms with E-state index in [1.54, 1.807) is 42.7 Å². The first-order chi connectivity index (χ1) is 21.8. The van der Waals surface area contributed by atoms with Gasteiger partial charge in [0, 0.05) is 42.8 Å². The van der Waals surface area contributed by atoms with E-state index < -0.39 is 0 Å². The van der Waals surface area contributed by atoms with Gasteiger partial charge in [-0.1, -0.05) is 24.2 Å². The Morgan fingerprint density at radius 3 is 2.58 bits per heavy atom. The lowest BCUT2D eigenvalue weighted by atomic mass is 10.0. The van der Waals surface area contributed by atoms with Crippen molar-refractivity contribution >= 4 is 58.3 Å². The number of piperidine rings is 1. The number of ether oxygens (including phenoxy) is 1. The highest BCUT2D eigenvalue weighted by atomic mass is 35.5. The third kappa shape index (κ3) is 8.14. The molecule has 0 atom stereocenters. The van der Waals surface area contributed by atoms with E-state index in [1.807, 2.05) is 24.3 Å². The minimum absolute atomic E-state index is 0.255. The number of halogens is 1. The predicted molar refractivity (Wildman–Crippen MR) is 178 cm³/mol. The maximum absolute atomic E-state index is 12.3. The smallest absolute Gasteiger partial charge is 0.247 e. The van der Waals surface area contributed by atoms with Crippen LogP contribution in [0.4, 0.5) is 34.5 Å². The molecule has 1 fully saturated rings. The number of amides is 1. The first-order valence-corrected chi connectivity index (χ1v) is 14.9. The minimum Gasteiger partial charge on any atom is -0.486 e. The number of hydrogen-bond donors (Lipinski definition) is 3. The molecule has 11 nitrogen and oxygen atoms in total. The fourth-order valence-corrected chi connectivity index (χ4v) is 5.30. The highest BCUT2D eigenvalue weighted by Gasteiger charge is 2.24. The molecule has 2 aromatic carbocycles. The van der Waals surface area contributed by atoms with E-state index in [1.165, 1.54) is 6.08 Å². The number of hydrogen-bond acceptors (Lipinski definition) is 10. The Morgan fingerprint density at radius 1 is 1.07 bits per heavy atom. The summed E-state index contributed by atoms with van der Waals surface area (Å²) in [7, 11) is 4.17. The van der Waals surface area contributed by atoms with Gasteiger partial charge < -0.3 is 30.5 Å². The number of nitrogens with zero attached hydrogens (tertiary/aromatic N) is 5. The van der Waals surface area contributed by atoms with Crippen molar-refractivity contribution in [2.75, 3.05) is 48.0 Å². The average molecular weight is 627 g/mol. The number of aromatic nitrogens is 3. The van der Waals surface area contributed by atoms with E-state index in [0.717, 1.165) is 43.6 Å². The number of carbonyl (C=O) groups is 2. The first-order valence-electron chi connectivity index (χ1n) is 14.5. The molecule has 0 bridgehead atoms. The Morgan fingerprint density at radius 2 is 1.89 bits per heavy atom. The number of pyridine rings is 1. The van der Waals surface area contributed by atoms with Crippen molar-refractivity contribution in [2.24, 2.45) is 0 Å². The highest BCUT2D eigenvalue weighted by molar-refractivity contribution is 6.32. The molecule has 5 rings (SSSR count). The predicted octanol–water partition coefficient (Wildman–Crippen LogP) is 6.06. The maximum Gasteiger partial charge on any atom is 0.247 e. The first kappa shape index (κ1) is 31.4. The van der Waals surface area contributed by atoms with Crippen LogP contribution in [0.2, 0.25) is 5.02 Å². The number of benzene rings is 2. The van der Waals surface area contributed by atoms with E-state index in [9.17, 15) is 9.59 Å². The second kappa shape index (κ2) is 14.7. The average Bonchev–Trinajstić information content (AvgIpc) is 3.05. The molecule has 1 saturated heterocycles. The van der Waals surface area contributed by atoms with Gasteiger partial charge in [-0.2, -0.15) is 4.98 Å². The number of aldehydes is 1. The Labute approximate surface area is 267 Å². The molecule has 0 spiro atoms. The summed E-state index contributed by atoms with van der Waals surface area (Å²) in [5, 5.41) is 9.68. The zero-order chi connectivity index (χ0) is 31.8. The SMILES string of the molecule is C=CC(=O)Nc1cc(Nc2nccc(Nc3ccc(OCc4ccccn4)c(Cl)c3)n2)c(C=O)cc1N1CCC(N(C)C)CC1. The van der Waals surface area contributed by atoms with Crippen LogP contribution in [0.3, 0.4) is 0 Å². The van der Waals surface area contributed by atoms with Crippen LogP contribution in [0.1, 0.15) is 28.9 Å². The number of anilines is 6. The fourth-order valence-electron chi connectivity index (χ4n) is 5.07. The van der Waals surface area contributed by atoms with E-state index in [0.29, 0.717) is 51.9 Å². The van der Waals surface area contributed by atoms with Crippen LogP contribution in [0.15, 0.2) is 79.6 Å². The summed E-state index contributed by atoms with van der Waals surface area (Å²) < 4.78 is 5.81. The molecule has 0 saturated carbocycles. The maximum atomic E-state index is 12.3. The fraction of sp³-hybridized carbons (Fsp3) is 0.242. The molecule has 0 radical (unpaired) electrons. The van der Waals surface area contributed by atoms with E-state index in [-0.39, 0.29) is 11.9 Å². The standard InChI is InChI=1S/C33H35ClN8O3/c1-4-32(44)38-28-19-27(22(20-43)17-29(28)42-15-11-25(12-16-42)41(2)3)39-33-36-14-10-31(40-33)37-23-8-9-30(26(34)18-23)45-21-24-7-5-6-13-35-24/h4-10,13-14,17-20,25H,1,11-12,15-16,21H2,2-3H3,(H,38,44)(H2,36,37,39,40). The number of carbonyl (C=O) groups excluding carboxylic acids is 2. The van der Waals surface area contributed by atoms with Crippen molar-refractivity contribution in [1.82, 2.24) is 19.9 Å². The van der Waals surface area contributed by atoms with Crippen LogP contribution in [-0.4, -0.2) is 65.3 Å². The molecule has 1 aliphatic heterocycles. The van der Waals surface area contributed by atoms with Gasteiger partial charge in [-0.25, -0.2) is 4.98 Å². The second-order valence-electron chi connectivity index (χ2n) is 10.7. The minimum atomic E-state index is -0.349. The molecule has 3 N–H and O–H groups in total. The Kier molecular flexibility index (Phi) is 10.2. The quantitative estimate of drug-likeness (QED) is 0.126. The lowest BCUT2D eigenvalue weighted by Crippen LogP contribution is -2.42. The number of rotatable bonds is 12. The molecule has 3 heterocycles. The molecular weight excluding hydrogens is 592 g/mol. The monoisotopic (exact) mass is 626 g/mol. The summed E-state index contributed by atoms with van der Waals surface area (Å²) in [6.07, 6.45) is 7.23. The molecular formula is C33H35ClN8O3.